The highest BCUT2D eigenvalue weighted by Gasteiger charge is 2.38. The van der Waals surface area contributed by atoms with Gasteiger partial charge in [0.05, 0.1) is 6.10 Å². The number of hydrogen-bond acceptors (Lipinski definition) is 3. The monoisotopic (exact) mass is 213 g/mol. The van der Waals surface area contributed by atoms with Crippen molar-refractivity contribution >= 4 is 6.09 Å². The molecule has 0 heterocycles. The molecule has 1 rings (SSSR count). The van der Waals surface area contributed by atoms with Gasteiger partial charge in [-0.1, -0.05) is 0 Å². The Morgan fingerprint density at radius 1 is 1.29 bits per heavy atom. The van der Waals surface area contributed by atoms with Gasteiger partial charge in [-0.2, -0.15) is 0 Å². The summed E-state index contributed by atoms with van der Waals surface area (Å²) in [6.07, 6.45) is -6.47. The maximum Gasteiger partial charge on any atom is 0.522 e. The molecule has 1 saturated carbocycles. The minimum absolute atomic E-state index is 0.0441. The Labute approximate surface area is 78.1 Å². The number of primary amides is 1. The molecule has 7 heteroatoms. The van der Waals surface area contributed by atoms with Crippen LogP contribution in [-0.2, 0) is 9.47 Å². The van der Waals surface area contributed by atoms with Crippen LogP contribution in [-0.4, -0.2) is 24.7 Å². The lowest BCUT2D eigenvalue weighted by Crippen LogP contribution is -2.24. The van der Waals surface area contributed by atoms with Gasteiger partial charge in [0, 0.05) is 6.42 Å². The van der Waals surface area contributed by atoms with E-state index in [-0.39, 0.29) is 12.8 Å². The van der Waals surface area contributed by atoms with E-state index in [0.29, 0.717) is 6.42 Å². The van der Waals surface area contributed by atoms with Crippen molar-refractivity contribution < 1.29 is 27.4 Å². The number of carbonyl (C=O) groups is 1. The van der Waals surface area contributed by atoms with E-state index in [1.54, 1.807) is 0 Å². The fourth-order valence-electron chi connectivity index (χ4n) is 1.47. The van der Waals surface area contributed by atoms with Crippen LogP contribution in [0.1, 0.15) is 19.3 Å². The van der Waals surface area contributed by atoms with Gasteiger partial charge in [0.1, 0.15) is 6.10 Å². The van der Waals surface area contributed by atoms with Crippen LogP contribution >= 0.6 is 0 Å². The van der Waals surface area contributed by atoms with Crippen LogP contribution in [0.2, 0.25) is 0 Å². The zero-order valence-electron chi connectivity index (χ0n) is 7.21. The van der Waals surface area contributed by atoms with Crippen molar-refractivity contribution in [3.63, 3.8) is 0 Å². The van der Waals surface area contributed by atoms with Gasteiger partial charge in [-0.05, 0) is 12.8 Å². The van der Waals surface area contributed by atoms with E-state index in [2.05, 4.69) is 9.47 Å². The SMILES string of the molecule is NC(=O)OC1CCC(OC(F)(F)F)C1. The van der Waals surface area contributed by atoms with Crippen molar-refractivity contribution in [2.75, 3.05) is 0 Å². The average Bonchev–Trinajstić information content (AvgIpc) is 2.30. The highest BCUT2D eigenvalue weighted by Crippen LogP contribution is 2.30. The van der Waals surface area contributed by atoms with Crippen LogP contribution in [0.4, 0.5) is 18.0 Å². The second kappa shape index (κ2) is 4.04. The smallest absolute Gasteiger partial charge is 0.446 e. The number of nitrogens with two attached hydrogens (primary N) is 1. The second-order valence-corrected chi connectivity index (χ2v) is 3.06. The Morgan fingerprint density at radius 2 is 1.86 bits per heavy atom. The molecular weight excluding hydrogens is 203 g/mol. The number of halogens is 3. The zero-order chi connectivity index (χ0) is 10.8. The molecule has 4 nitrogen and oxygen atoms in total. The van der Waals surface area contributed by atoms with E-state index in [1.165, 1.54) is 0 Å². The van der Waals surface area contributed by atoms with Crippen LogP contribution in [0.25, 0.3) is 0 Å². The number of hydrogen-bond donors (Lipinski definition) is 1. The number of alkyl halides is 3. The summed E-state index contributed by atoms with van der Waals surface area (Å²) in [6, 6.07) is 0. The molecule has 0 aromatic carbocycles. The van der Waals surface area contributed by atoms with Crippen molar-refractivity contribution in [1.82, 2.24) is 0 Å². The molecule has 2 atom stereocenters. The second-order valence-electron chi connectivity index (χ2n) is 3.06. The van der Waals surface area contributed by atoms with Gasteiger partial charge in [-0.25, -0.2) is 4.79 Å². The van der Waals surface area contributed by atoms with Crippen molar-refractivity contribution in [1.29, 1.82) is 0 Å². The summed E-state index contributed by atoms with van der Waals surface area (Å²) < 4.78 is 43.6. The summed E-state index contributed by atoms with van der Waals surface area (Å²) >= 11 is 0. The molecule has 0 aromatic heterocycles. The van der Waals surface area contributed by atoms with Crippen LogP contribution in [0.3, 0.4) is 0 Å². The molecule has 1 aliphatic rings. The Morgan fingerprint density at radius 3 is 2.36 bits per heavy atom. The predicted octanol–water partition coefficient (Wildman–Crippen LogP) is 1.54. The number of amides is 1. The van der Waals surface area contributed by atoms with Crippen molar-refractivity contribution in [3.8, 4) is 0 Å². The minimum Gasteiger partial charge on any atom is -0.446 e. The Kier molecular flexibility index (Phi) is 3.20. The largest absolute Gasteiger partial charge is 0.522 e. The summed E-state index contributed by atoms with van der Waals surface area (Å²) in [5.41, 5.74) is 4.72. The van der Waals surface area contributed by atoms with Gasteiger partial charge in [0.15, 0.2) is 0 Å². The molecule has 14 heavy (non-hydrogen) atoms. The van der Waals surface area contributed by atoms with E-state index in [9.17, 15) is 18.0 Å². The summed E-state index contributed by atoms with van der Waals surface area (Å²) in [7, 11) is 0. The molecular formula is C7H10F3NO3. The molecule has 1 amide bonds. The maximum atomic E-state index is 11.7. The highest BCUT2D eigenvalue weighted by atomic mass is 19.4. The molecule has 0 spiro atoms. The molecule has 0 bridgehead atoms. The quantitative estimate of drug-likeness (QED) is 0.756. The van der Waals surface area contributed by atoms with Gasteiger partial charge in [-0.3, -0.25) is 4.74 Å². The van der Waals surface area contributed by atoms with E-state index in [1.807, 2.05) is 0 Å². The summed E-state index contributed by atoms with van der Waals surface area (Å²) in [5.74, 6) is 0. The lowest BCUT2D eigenvalue weighted by atomic mass is 10.3. The molecule has 0 aromatic rings. The van der Waals surface area contributed by atoms with Crippen molar-refractivity contribution in [3.05, 3.63) is 0 Å². The zero-order valence-corrected chi connectivity index (χ0v) is 7.21. The average molecular weight is 213 g/mol. The molecule has 1 fully saturated rings. The van der Waals surface area contributed by atoms with Gasteiger partial charge in [0.2, 0.25) is 0 Å². The number of ether oxygens (including phenoxy) is 2. The normalized spacial score (nSPS) is 27.6. The topological polar surface area (TPSA) is 61.6 Å². The summed E-state index contributed by atoms with van der Waals surface area (Å²) in [4.78, 5) is 10.3. The lowest BCUT2D eigenvalue weighted by molar-refractivity contribution is -0.342. The third kappa shape index (κ3) is 3.82. The maximum absolute atomic E-state index is 11.7. The summed E-state index contributed by atoms with van der Waals surface area (Å²) in [5, 5.41) is 0. The number of carbonyl (C=O) groups excluding carboxylic acids is 1. The first kappa shape index (κ1) is 11.1. The van der Waals surface area contributed by atoms with Crippen LogP contribution in [0, 0.1) is 0 Å². The van der Waals surface area contributed by atoms with Crippen molar-refractivity contribution in [2.45, 2.75) is 37.8 Å². The highest BCUT2D eigenvalue weighted by molar-refractivity contribution is 5.64. The van der Waals surface area contributed by atoms with E-state index in [4.69, 9.17) is 5.73 Å². The molecule has 1 aliphatic carbocycles. The fraction of sp³-hybridized carbons (Fsp3) is 0.857. The third-order valence-electron chi connectivity index (χ3n) is 1.92. The third-order valence-corrected chi connectivity index (χ3v) is 1.92. The molecule has 0 saturated heterocycles. The molecule has 0 radical (unpaired) electrons. The van der Waals surface area contributed by atoms with Gasteiger partial charge in [-0.15, -0.1) is 13.2 Å². The number of rotatable bonds is 2. The first-order valence-electron chi connectivity index (χ1n) is 4.07. The first-order chi connectivity index (χ1) is 6.37. The Hall–Kier alpha value is -0.980. The molecule has 2 unspecified atom stereocenters. The lowest BCUT2D eigenvalue weighted by Gasteiger charge is -2.14. The van der Waals surface area contributed by atoms with E-state index < -0.39 is 24.7 Å². The van der Waals surface area contributed by atoms with Gasteiger partial charge < -0.3 is 10.5 Å². The van der Waals surface area contributed by atoms with Crippen LogP contribution in [0.5, 0.6) is 0 Å². The van der Waals surface area contributed by atoms with Crippen molar-refractivity contribution in [2.24, 2.45) is 5.73 Å². The van der Waals surface area contributed by atoms with Gasteiger partial charge in [0.25, 0.3) is 0 Å². The summed E-state index contributed by atoms with van der Waals surface area (Å²) in [6.45, 7) is 0. The molecule has 82 valence electrons. The van der Waals surface area contributed by atoms with E-state index in [0.717, 1.165) is 0 Å². The molecule has 2 N–H and O–H groups in total. The van der Waals surface area contributed by atoms with E-state index >= 15 is 0 Å². The van der Waals surface area contributed by atoms with Crippen LogP contribution in [0.15, 0.2) is 0 Å². The minimum atomic E-state index is -4.63. The Bertz CT molecular complexity index is 219. The first-order valence-corrected chi connectivity index (χ1v) is 4.07. The van der Waals surface area contributed by atoms with Gasteiger partial charge >= 0.3 is 12.5 Å². The molecule has 0 aliphatic heterocycles. The standard InChI is InChI=1S/C7H10F3NO3/c8-7(9,10)14-5-2-1-4(3-5)13-6(11)12/h4-5H,1-3H2,(H2,11,12). The fourth-order valence-corrected chi connectivity index (χ4v) is 1.47. The Balaban J connectivity index is 2.31. The van der Waals surface area contributed by atoms with Crippen LogP contribution < -0.4 is 5.73 Å². The predicted molar refractivity (Wildman–Crippen MR) is 39.2 cm³/mol.